The second kappa shape index (κ2) is 4.58. The van der Waals surface area contributed by atoms with Gasteiger partial charge in [0.2, 0.25) is 5.91 Å². The van der Waals surface area contributed by atoms with Gasteiger partial charge < -0.3 is 5.32 Å². The number of hydrogen-bond acceptors (Lipinski definition) is 1. The summed E-state index contributed by atoms with van der Waals surface area (Å²) in [6, 6.07) is 16.0. The summed E-state index contributed by atoms with van der Waals surface area (Å²) < 4.78 is 1.06. The SMILES string of the molecule is O=C1Nc2ccccc2[C@H]1Cc1ccc(Br)cc1. The number of carbonyl (C=O) groups excluding carboxylic acids is 1. The van der Waals surface area contributed by atoms with Gasteiger partial charge >= 0.3 is 0 Å². The van der Waals surface area contributed by atoms with E-state index in [-0.39, 0.29) is 11.8 Å². The molecular weight excluding hydrogens is 290 g/mol. The number of fused-ring (bicyclic) bond motifs is 1. The monoisotopic (exact) mass is 301 g/mol. The van der Waals surface area contributed by atoms with Crippen LogP contribution in [0.2, 0.25) is 0 Å². The number of hydrogen-bond donors (Lipinski definition) is 1. The maximum atomic E-state index is 12.0. The fourth-order valence-corrected chi connectivity index (χ4v) is 2.60. The van der Waals surface area contributed by atoms with Crippen LogP contribution in [0.5, 0.6) is 0 Å². The highest BCUT2D eigenvalue weighted by Gasteiger charge is 2.29. The zero-order chi connectivity index (χ0) is 12.5. The molecule has 0 saturated heterocycles. The number of nitrogens with one attached hydrogen (secondary N) is 1. The van der Waals surface area contributed by atoms with E-state index in [0.29, 0.717) is 0 Å². The van der Waals surface area contributed by atoms with Gasteiger partial charge in [-0.3, -0.25) is 4.79 Å². The van der Waals surface area contributed by atoms with Crippen molar-refractivity contribution >= 4 is 27.5 Å². The van der Waals surface area contributed by atoms with Crippen molar-refractivity contribution in [3.8, 4) is 0 Å². The molecule has 90 valence electrons. The number of rotatable bonds is 2. The van der Waals surface area contributed by atoms with Crippen LogP contribution in [0.4, 0.5) is 5.69 Å². The summed E-state index contributed by atoms with van der Waals surface area (Å²) in [5, 5.41) is 2.93. The van der Waals surface area contributed by atoms with Gasteiger partial charge in [0, 0.05) is 10.2 Å². The van der Waals surface area contributed by atoms with E-state index in [2.05, 4.69) is 33.4 Å². The fourth-order valence-electron chi connectivity index (χ4n) is 2.33. The molecular formula is C15H12BrNO. The van der Waals surface area contributed by atoms with Gasteiger partial charge in [-0.15, -0.1) is 0 Å². The van der Waals surface area contributed by atoms with E-state index >= 15 is 0 Å². The third kappa shape index (κ3) is 2.06. The van der Waals surface area contributed by atoms with Crippen molar-refractivity contribution in [1.82, 2.24) is 0 Å². The van der Waals surface area contributed by atoms with Crippen molar-refractivity contribution in [3.63, 3.8) is 0 Å². The van der Waals surface area contributed by atoms with E-state index in [0.717, 1.165) is 22.1 Å². The van der Waals surface area contributed by atoms with Crippen molar-refractivity contribution in [1.29, 1.82) is 0 Å². The van der Waals surface area contributed by atoms with Crippen LogP contribution in [0.1, 0.15) is 17.0 Å². The van der Waals surface area contributed by atoms with Crippen molar-refractivity contribution in [2.45, 2.75) is 12.3 Å². The minimum absolute atomic E-state index is 0.0672. The number of para-hydroxylation sites is 1. The number of benzene rings is 2. The molecule has 0 bridgehead atoms. The topological polar surface area (TPSA) is 29.1 Å². The minimum Gasteiger partial charge on any atom is -0.325 e. The highest BCUT2D eigenvalue weighted by Crippen LogP contribution is 2.34. The van der Waals surface area contributed by atoms with Crippen molar-refractivity contribution in [3.05, 3.63) is 64.1 Å². The summed E-state index contributed by atoms with van der Waals surface area (Å²) in [6.07, 6.45) is 0.746. The van der Waals surface area contributed by atoms with Crippen LogP contribution in [0.3, 0.4) is 0 Å². The molecule has 2 nitrogen and oxygen atoms in total. The lowest BCUT2D eigenvalue weighted by Gasteiger charge is -2.08. The summed E-state index contributed by atoms with van der Waals surface area (Å²) >= 11 is 3.42. The Labute approximate surface area is 114 Å². The largest absolute Gasteiger partial charge is 0.325 e. The predicted octanol–water partition coefficient (Wildman–Crippen LogP) is 3.73. The molecule has 1 amide bonds. The van der Waals surface area contributed by atoms with Gasteiger partial charge in [-0.1, -0.05) is 46.3 Å². The lowest BCUT2D eigenvalue weighted by atomic mass is 9.93. The Bertz CT molecular complexity index is 592. The van der Waals surface area contributed by atoms with Crippen LogP contribution >= 0.6 is 15.9 Å². The maximum absolute atomic E-state index is 12.0. The summed E-state index contributed by atoms with van der Waals surface area (Å²) in [5.74, 6) is 0.0292. The Morgan fingerprint density at radius 1 is 1.06 bits per heavy atom. The van der Waals surface area contributed by atoms with Crippen LogP contribution in [0, 0.1) is 0 Å². The summed E-state index contributed by atoms with van der Waals surface area (Å²) in [6.45, 7) is 0. The van der Waals surface area contributed by atoms with E-state index in [1.54, 1.807) is 0 Å². The molecule has 0 fully saturated rings. The van der Waals surface area contributed by atoms with E-state index in [1.165, 1.54) is 5.56 Å². The van der Waals surface area contributed by atoms with E-state index in [4.69, 9.17) is 0 Å². The van der Waals surface area contributed by atoms with Gasteiger partial charge in [0.15, 0.2) is 0 Å². The number of anilines is 1. The van der Waals surface area contributed by atoms with Gasteiger partial charge in [-0.25, -0.2) is 0 Å². The van der Waals surface area contributed by atoms with Crippen molar-refractivity contribution in [2.24, 2.45) is 0 Å². The smallest absolute Gasteiger partial charge is 0.232 e. The molecule has 1 heterocycles. The molecule has 2 aromatic rings. The lowest BCUT2D eigenvalue weighted by Crippen LogP contribution is -2.14. The Kier molecular flexibility index (Phi) is 2.92. The first-order chi connectivity index (χ1) is 8.74. The molecule has 0 aromatic heterocycles. The summed E-state index contributed by atoms with van der Waals surface area (Å²) in [5.41, 5.74) is 3.23. The molecule has 0 saturated carbocycles. The fraction of sp³-hybridized carbons (Fsp3) is 0.133. The number of carbonyl (C=O) groups is 1. The van der Waals surface area contributed by atoms with Gasteiger partial charge in [0.05, 0.1) is 5.92 Å². The maximum Gasteiger partial charge on any atom is 0.232 e. The molecule has 0 aliphatic carbocycles. The number of amides is 1. The van der Waals surface area contributed by atoms with Crippen molar-refractivity contribution < 1.29 is 4.79 Å². The molecule has 1 aliphatic heterocycles. The lowest BCUT2D eigenvalue weighted by molar-refractivity contribution is -0.117. The first-order valence-electron chi connectivity index (χ1n) is 5.88. The quantitative estimate of drug-likeness (QED) is 0.900. The van der Waals surface area contributed by atoms with Crippen LogP contribution in [-0.4, -0.2) is 5.91 Å². The highest BCUT2D eigenvalue weighted by molar-refractivity contribution is 9.10. The van der Waals surface area contributed by atoms with E-state index in [1.807, 2.05) is 36.4 Å². The van der Waals surface area contributed by atoms with E-state index in [9.17, 15) is 4.79 Å². The molecule has 1 atom stereocenters. The molecule has 1 aliphatic rings. The van der Waals surface area contributed by atoms with Crippen molar-refractivity contribution in [2.75, 3.05) is 5.32 Å². The predicted molar refractivity (Wildman–Crippen MR) is 75.7 cm³/mol. The molecule has 18 heavy (non-hydrogen) atoms. The molecule has 1 N–H and O–H groups in total. The Balaban J connectivity index is 1.89. The van der Waals surface area contributed by atoms with Gasteiger partial charge in [0.1, 0.15) is 0 Å². The van der Waals surface area contributed by atoms with Gasteiger partial charge in [-0.05, 0) is 35.7 Å². The molecule has 3 rings (SSSR count). The second-order valence-electron chi connectivity index (χ2n) is 4.46. The Hall–Kier alpha value is -1.61. The first-order valence-corrected chi connectivity index (χ1v) is 6.67. The highest BCUT2D eigenvalue weighted by atomic mass is 79.9. The standard InChI is InChI=1S/C15H12BrNO/c16-11-7-5-10(6-8-11)9-13-12-3-1-2-4-14(12)17-15(13)18/h1-8,13H,9H2,(H,17,18)/t13-/m1/s1. The average Bonchev–Trinajstić information content (AvgIpc) is 2.69. The molecule has 2 aromatic carbocycles. The molecule has 0 unspecified atom stereocenters. The second-order valence-corrected chi connectivity index (χ2v) is 5.38. The minimum atomic E-state index is -0.0672. The van der Waals surface area contributed by atoms with Crippen LogP contribution in [-0.2, 0) is 11.2 Å². The number of halogens is 1. The van der Waals surface area contributed by atoms with Gasteiger partial charge in [-0.2, -0.15) is 0 Å². The van der Waals surface area contributed by atoms with Crippen LogP contribution in [0.25, 0.3) is 0 Å². The Morgan fingerprint density at radius 3 is 2.56 bits per heavy atom. The average molecular weight is 302 g/mol. The molecule has 3 heteroatoms. The first kappa shape index (κ1) is 11.5. The van der Waals surface area contributed by atoms with E-state index < -0.39 is 0 Å². The molecule has 0 radical (unpaired) electrons. The summed E-state index contributed by atoms with van der Waals surface area (Å²) in [4.78, 5) is 12.0. The zero-order valence-electron chi connectivity index (χ0n) is 9.69. The molecule has 0 spiro atoms. The third-order valence-electron chi connectivity index (χ3n) is 3.26. The summed E-state index contributed by atoms with van der Waals surface area (Å²) in [7, 11) is 0. The zero-order valence-corrected chi connectivity index (χ0v) is 11.3. The Morgan fingerprint density at radius 2 is 1.78 bits per heavy atom. The van der Waals surface area contributed by atoms with Crippen LogP contribution < -0.4 is 5.32 Å². The van der Waals surface area contributed by atoms with Crippen LogP contribution in [0.15, 0.2) is 53.0 Å². The third-order valence-corrected chi connectivity index (χ3v) is 3.79. The van der Waals surface area contributed by atoms with Gasteiger partial charge in [0.25, 0.3) is 0 Å². The normalized spacial score (nSPS) is 17.4.